The summed E-state index contributed by atoms with van der Waals surface area (Å²) < 4.78 is 26.9. The lowest BCUT2D eigenvalue weighted by Crippen LogP contribution is -2.31. The Kier molecular flexibility index (Phi) is 8.05. The van der Waals surface area contributed by atoms with Gasteiger partial charge in [-0.05, 0) is 36.8 Å². The van der Waals surface area contributed by atoms with Gasteiger partial charge in [-0.15, -0.1) is 0 Å². The number of hydrogen-bond donors (Lipinski definition) is 3. The van der Waals surface area contributed by atoms with Gasteiger partial charge in [0.05, 0.1) is 10.5 Å². The van der Waals surface area contributed by atoms with E-state index in [-0.39, 0.29) is 21.7 Å². The highest BCUT2D eigenvalue weighted by molar-refractivity contribution is 7.90. The molecule has 30 heavy (non-hydrogen) atoms. The van der Waals surface area contributed by atoms with Crippen molar-refractivity contribution in [1.82, 2.24) is 15.0 Å². The highest BCUT2D eigenvalue weighted by atomic mass is 32.2. The van der Waals surface area contributed by atoms with Gasteiger partial charge in [0.25, 0.3) is 21.8 Å². The highest BCUT2D eigenvalue weighted by Crippen LogP contribution is 2.13. The van der Waals surface area contributed by atoms with E-state index in [1.54, 1.807) is 0 Å². The van der Waals surface area contributed by atoms with Crippen LogP contribution >= 0.6 is 0 Å². The lowest BCUT2D eigenvalue weighted by Gasteiger charge is -2.09. The van der Waals surface area contributed by atoms with E-state index in [4.69, 9.17) is 5.11 Å². The van der Waals surface area contributed by atoms with Crippen molar-refractivity contribution in [3.05, 3.63) is 59.4 Å². The number of carbonyl (C=O) groups excluding carboxylic acids is 2. The molecule has 1 aromatic heterocycles. The summed E-state index contributed by atoms with van der Waals surface area (Å²) in [6, 6.07) is 7.59. The van der Waals surface area contributed by atoms with Crippen molar-refractivity contribution in [3.8, 4) is 0 Å². The molecule has 0 unspecified atom stereocenters. The first-order chi connectivity index (χ1) is 14.2. The van der Waals surface area contributed by atoms with Crippen LogP contribution in [0.3, 0.4) is 0 Å². The monoisotopic (exact) mass is 433 g/mol. The molecule has 0 aliphatic heterocycles. The molecule has 2 amide bonds. The SMILES string of the molecule is CCCCCCNC(=O)c1cccc(S(=O)(=O)NC(=O)c2ccc(C(=O)O)nc2)c1. The zero-order chi connectivity index (χ0) is 22.1. The number of nitrogens with zero attached hydrogens (tertiary/aromatic N) is 1. The topological polar surface area (TPSA) is 143 Å². The summed E-state index contributed by atoms with van der Waals surface area (Å²) in [4.78, 5) is 38.6. The lowest BCUT2D eigenvalue weighted by atomic mass is 10.2. The number of carboxylic acid groups (broad SMARTS) is 1. The van der Waals surface area contributed by atoms with Crippen LogP contribution in [-0.2, 0) is 10.0 Å². The zero-order valence-corrected chi connectivity index (χ0v) is 17.2. The van der Waals surface area contributed by atoms with Gasteiger partial charge < -0.3 is 10.4 Å². The molecule has 10 heteroatoms. The Hall–Kier alpha value is -3.27. The number of nitrogens with one attached hydrogen (secondary N) is 2. The number of amides is 2. The van der Waals surface area contributed by atoms with Crippen molar-refractivity contribution in [2.24, 2.45) is 0 Å². The maximum absolute atomic E-state index is 12.5. The van der Waals surface area contributed by atoms with Crippen LogP contribution in [0.2, 0.25) is 0 Å². The van der Waals surface area contributed by atoms with E-state index in [2.05, 4.69) is 17.2 Å². The first-order valence-electron chi connectivity index (χ1n) is 9.39. The largest absolute Gasteiger partial charge is 0.477 e. The van der Waals surface area contributed by atoms with Crippen molar-refractivity contribution >= 4 is 27.8 Å². The number of aromatic nitrogens is 1. The Labute approximate surface area is 174 Å². The third-order valence-electron chi connectivity index (χ3n) is 4.19. The zero-order valence-electron chi connectivity index (χ0n) is 16.4. The van der Waals surface area contributed by atoms with Crippen molar-refractivity contribution in [2.75, 3.05) is 6.54 Å². The first kappa shape index (κ1) is 23.0. The van der Waals surface area contributed by atoms with Crippen molar-refractivity contribution in [1.29, 1.82) is 0 Å². The van der Waals surface area contributed by atoms with Gasteiger partial charge in [0.2, 0.25) is 0 Å². The van der Waals surface area contributed by atoms with Crippen molar-refractivity contribution < 1.29 is 27.9 Å². The van der Waals surface area contributed by atoms with E-state index in [9.17, 15) is 22.8 Å². The minimum atomic E-state index is -4.25. The molecule has 0 radical (unpaired) electrons. The van der Waals surface area contributed by atoms with Crippen LogP contribution in [-0.4, -0.2) is 42.8 Å². The van der Waals surface area contributed by atoms with Crippen LogP contribution in [0.15, 0.2) is 47.5 Å². The average Bonchev–Trinajstić information content (AvgIpc) is 2.73. The molecule has 1 heterocycles. The molecular weight excluding hydrogens is 410 g/mol. The van der Waals surface area contributed by atoms with Gasteiger partial charge >= 0.3 is 5.97 Å². The summed E-state index contributed by atoms with van der Waals surface area (Å²) >= 11 is 0. The third-order valence-corrected chi connectivity index (χ3v) is 5.52. The number of hydrogen-bond acceptors (Lipinski definition) is 6. The van der Waals surface area contributed by atoms with Crippen LogP contribution in [0.1, 0.15) is 63.8 Å². The Balaban J connectivity index is 2.06. The number of sulfonamides is 1. The summed E-state index contributed by atoms with van der Waals surface area (Å²) in [6.07, 6.45) is 4.97. The molecule has 1 aromatic carbocycles. The van der Waals surface area contributed by atoms with Gasteiger partial charge in [0, 0.05) is 18.3 Å². The summed E-state index contributed by atoms with van der Waals surface area (Å²) in [5, 5.41) is 11.6. The van der Waals surface area contributed by atoms with Gasteiger partial charge in [0.1, 0.15) is 5.69 Å². The summed E-state index contributed by atoms with van der Waals surface area (Å²) in [6.45, 7) is 2.58. The number of rotatable bonds is 10. The quantitative estimate of drug-likeness (QED) is 0.488. The van der Waals surface area contributed by atoms with Crippen LogP contribution in [0.4, 0.5) is 0 Å². The molecule has 0 saturated carbocycles. The number of carbonyl (C=O) groups is 3. The second-order valence-corrected chi connectivity index (χ2v) is 8.20. The molecule has 0 atom stereocenters. The summed E-state index contributed by atoms with van der Waals surface area (Å²) in [5.74, 6) is -2.64. The predicted octanol–water partition coefficient (Wildman–Crippen LogP) is 2.21. The number of carboxylic acids is 1. The second-order valence-electron chi connectivity index (χ2n) is 6.52. The maximum Gasteiger partial charge on any atom is 0.354 e. The molecular formula is C20H23N3O6S. The fraction of sp³-hybridized carbons (Fsp3) is 0.300. The molecule has 9 nitrogen and oxygen atoms in total. The Morgan fingerprint density at radius 2 is 1.77 bits per heavy atom. The normalized spacial score (nSPS) is 11.0. The Bertz CT molecular complexity index is 1020. The summed E-state index contributed by atoms with van der Waals surface area (Å²) in [7, 11) is -4.25. The van der Waals surface area contributed by atoms with Crippen molar-refractivity contribution in [2.45, 2.75) is 37.5 Å². The molecule has 0 bridgehead atoms. The minimum Gasteiger partial charge on any atom is -0.477 e. The molecule has 160 valence electrons. The van der Waals surface area contributed by atoms with Crippen LogP contribution in [0, 0.1) is 0 Å². The van der Waals surface area contributed by atoms with Crippen LogP contribution in [0.25, 0.3) is 0 Å². The molecule has 0 spiro atoms. The van der Waals surface area contributed by atoms with Gasteiger partial charge in [0.15, 0.2) is 0 Å². The fourth-order valence-electron chi connectivity index (χ4n) is 2.55. The van der Waals surface area contributed by atoms with E-state index in [1.165, 1.54) is 24.3 Å². The minimum absolute atomic E-state index is 0.121. The Morgan fingerprint density at radius 3 is 2.40 bits per heavy atom. The van der Waals surface area contributed by atoms with Crippen LogP contribution in [0.5, 0.6) is 0 Å². The van der Waals surface area contributed by atoms with E-state index in [0.29, 0.717) is 6.54 Å². The number of aromatic carboxylic acids is 1. The molecule has 0 fully saturated rings. The van der Waals surface area contributed by atoms with E-state index in [0.717, 1.165) is 44.0 Å². The average molecular weight is 433 g/mol. The lowest BCUT2D eigenvalue weighted by molar-refractivity contribution is 0.0689. The van der Waals surface area contributed by atoms with Gasteiger partial charge in [-0.1, -0.05) is 32.3 Å². The molecule has 3 N–H and O–H groups in total. The van der Waals surface area contributed by atoms with E-state index >= 15 is 0 Å². The predicted molar refractivity (Wildman–Crippen MR) is 109 cm³/mol. The molecule has 2 aromatic rings. The second kappa shape index (κ2) is 10.5. The first-order valence-corrected chi connectivity index (χ1v) is 10.9. The number of unbranched alkanes of at least 4 members (excludes halogenated alkanes) is 3. The third kappa shape index (κ3) is 6.38. The Morgan fingerprint density at radius 1 is 1.00 bits per heavy atom. The molecule has 0 aliphatic carbocycles. The highest BCUT2D eigenvalue weighted by Gasteiger charge is 2.20. The van der Waals surface area contributed by atoms with Crippen LogP contribution < -0.4 is 10.0 Å². The number of benzene rings is 1. The van der Waals surface area contributed by atoms with E-state index < -0.39 is 27.8 Å². The maximum atomic E-state index is 12.5. The summed E-state index contributed by atoms with van der Waals surface area (Å²) in [5.41, 5.74) is -0.235. The van der Waals surface area contributed by atoms with E-state index in [1.807, 2.05) is 4.72 Å². The molecule has 0 saturated heterocycles. The van der Waals surface area contributed by atoms with Gasteiger partial charge in [-0.2, -0.15) is 0 Å². The van der Waals surface area contributed by atoms with Gasteiger partial charge in [-0.25, -0.2) is 22.9 Å². The number of pyridine rings is 1. The molecule has 0 aliphatic rings. The smallest absolute Gasteiger partial charge is 0.354 e. The standard InChI is InChI=1S/C20H23N3O6S/c1-2-3-4-5-11-21-18(24)14-7-6-8-16(12-14)30(28,29)23-19(25)15-9-10-17(20(26)27)22-13-15/h6-10,12-13H,2-5,11H2,1H3,(H,21,24)(H,23,25)(H,26,27). The van der Waals surface area contributed by atoms with Gasteiger partial charge in [-0.3, -0.25) is 9.59 Å². The fourth-order valence-corrected chi connectivity index (χ4v) is 3.57. The molecule has 2 rings (SSSR count). The van der Waals surface area contributed by atoms with Crippen molar-refractivity contribution in [3.63, 3.8) is 0 Å².